The second kappa shape index (κ2) is 22.2. The lowest BCUT2D eigenvalue weighted by molar-refractivity contribution is 0.349. The van der Waals surface area contributed by atoms with Gasteiger partial charge in [0.2, 0.25) is 0 Å². The molecule has 4 saturated carbocycles. The summed E-state index contributed by atoms with van der Waals surface area (Å²) in [6, 6.07) is 0. The molecule has 0 unspecified atom stereocenters. The highest BCUT2D eigenvalue weighted by Crippen LogP contribution is 2.27. The molecule has 0 aromatic heterocycles. The Hall–Kier alpha value is 0. The second-order valence-corrected chi connectivity index (χ2v) is 9.58. The Balaban J connectivity index is 0.000000446. The Morgan fingerprint density at radius 3 is 0.933 bits per heavy atom. The van der Waals surface area contributed by atoms with E-state index in [0.717, 1.165) is 51.4 Å². The normalized spacial score (nSPS) is 29.0. The van der Waals surface area contributed by atoms with Gasteiger partial charge in [-0.3, -0.25) is 0 Å². The maximum Gasteiger partial charge on any atom is 0.0300 e. The van der Waals surface area contributed by atoms with Crippen LogP contribution in [0.5, 0.6) is 0 Å². The fourth-order valence-electron chi connectivity index (χ4n) is 4.74. The molecule has 0 heteroatoms. The van der Waals surface area contributed by atoms with Crippen molar-refractivity contribution in [1.29, 1.82) is 0 Å². The van der Waals surface area contributed by atoms with E-state index in [0.29, 0.717) is 11.8 Å². The van der Waals surface area contributed by atoms with Crippen LogP contribution in [0.1, 0.15) is 178 Å². The van der Waals surface area contributed by atoms with Crippen molar-refractivity contribution < 1.29 is 8.22 Å². The molecule has 0 aromatic rings. The van der Waals surface area contributed by atoms with E-state index in [9.17, 15) is 0 Å². The van der Waals surface area contributed by atoms with Gasteiger partial charge in [0.15, 0.2) is 0 Å². The van der Waals surface area contributed by atoms with Crippen LogP contribution in [0.2, 0.25) is 0 Å². The first-order valence-corrected chi connectivity index (χ1v) is 13.6. The van der Waals surface area contributed by atoms with E-state index >= 15 is 0 Å². The molecule has 0 nitrogen and oxygen atoms in total. The fraction of sp³-hybridized carbons (Fsp3) is 1.00. The minimum absolute atomic E-state index is 0.0556. The van der Waals surface area contributed by atoms with Gasteiger partial charge in [-0.05, 0) is 23.6 Å². The van der Waals surface area contributed by atoms with Crippen molar-refractivity contribution in [2.75, 3.05) is 0 Å². The van der Waals surface area contributed by atoms with Gasteiger partial charge < -0.3 is 0 Å². The molecule has 0 saturated heterocycles. The van der Waals surface area contributed by atoms with Crippen molar-refractivity contribution >= 4 is 0 Å². The third-order valence-corrected chi connectivity index (χ3v) is 6.94. The summed E-state index contributed by atoms with van der Waals surface area (Å²) in [4.78, 5) is 0. The molecule has 30 heavy (non-hydrogen) atoms. The molecule has 0 amide bonds. The molecular weight excluding hydrogens is 360 g/mol. The van der Waals surface area contributed by atoms with Crippen LogP contribution in [0.15, 0.2) is 0 Å². The van der Waals surface area contributed by atoms with Crippen LogP contribution < -0.4 is 0 Å². The maximum absolute atomic E-state index is 7.63. The third kappa shape index (κ3) is 17.7. The number of hydrogen-bond acceptors (Lipinski definition) is 0. The summed E-state index contributed by atoms with van der Waals surface area (Å²) >= 11 is 0. The second-order valence-electron chi connectivity index (χ2n) is 9.58. The first-order chi connectivity index (χ1) is 16.6. The van der Waals surface area contributed by atoms with E-state index in [1.807, 2.05) is 27.7 Å². The summed E-state index contributed by atoms with van der Waals surface area (Å²) in [6.45, 7) is 11.5. The molecular formula is C30H62. The first-order valence-electron chi connectivity index (χ1n) is 16.6. The van der Waals surface area contributed by atoms with Crippen LogP contribution in [0.25, 0.3) is 0 Å². The van der Waals surface area contributed by atoms with E-state index in [-0.39, 0.29) is 11.8 Å². The minimum Gasteiger partial charge on any atom is -0.0683 e. The molecule has 0 heterocycles. The van der Waals surface area contributed by atoms with Gasteiger partial charge in [-0.25, -0.2) is 0 Å². The molecule has 4 aliphatic carbocycles. The average Bonchev–Trinajstić information content (AvgIpc) is 3.48. The summed E-state index contributed by atoms with van der Waals surface area (Å²) in [5, 5.41) is 0. The van der Waals surface area contributed by atoms with E-state index < -0.39 is 12.7 Å². The molecule has 0 bridgehead atoms. The zero-order chi connectivity index (χ0) is 27.9. The lowest BCUT2D eigenvalue weighted by Gasteiger charge is -2.18. The summed E-state index contributed by atoms with van der Waals surface area (Å²) in [6.07, 6.45) is 19.7. The maximum atomic E-state index is 7.63. The highest BCUT2D eigenvalue weighted by Gasteiger charge is 2.11. The zero-order valence-corrected chi connectivity index (χ0v) is 21.9. The molecule has 4 aliphatic rings. The first kappa shape index (κ1) is 20.6. The summed E-state index contributed by atoms with van der Waals surface area (Å²) in [5.41, 5.74) is 0. The Bertz CT molecular complexity index is 505. The molecule has 0 atom stereocenters. The van der Waals surface area contributed by atoms with Gasteiger partial charge in [-0.1, -0.05) is 170 Å². The highest BCUT2D eigenvalue weighted by molar-refractivity contribution is 4.65. The van der Waals surface area contributed by atoms with Gasteiger partial charge in [0.25, 0.3) is 0 Å². The van der Waals surface area contributed by atoms with Crippen molar-refractivity contribution in [2.24, 2.45) is 23.6 Å². The van der Waals surface area contributed by atoms with Crippen molar-refractivity contribution in [2.45, 2.75) is 170 Å². The van der Waals surface area contributed by atoms with E-state index in [1.165, 1.54) is 64.2 Å². The van der Waals surface area contributed by atoms with E-state index in [1.54, 1.807) is 13.8 Å². The number of rotatable bonds is 2. The van der Waals surface area contributed by atoms with Crippen LogP contribution in [0.3, 0.4) is 0 Å². The predicted octanol–water partition coefficient (Wildman–Crippen LogP) is 11.4. The van der Waals surface area contributed by atoms with E-state index in [2.05, 4.69) is 0 Å². The van der Waals surface area contributed by atoms with Crippen molar-refractivity contribution in [3.63, 3.8) is 0 Å². The summed E-state index contributed by atoms with van der Waals surface area (Å²) < 4.78 is 44.9. The fourth-order valence-corrected chi connectivity index (χ4v) is 4.74. The predicted molar refractivity (Wildman–Crippen MR) is 140 cm³/mol. The third-order valence-electron chi connectivity index (χ3n) is 6.94. The molecule has 0 spiro atoms. The average molecular weight is 429 g/mol. The highest BCUT2D eigenvalue weighted by atomic mass is 14.2. The van der Waals surface area contributed by atoms with Gasteiger partial charge in [0, 0.05) is 8.22 Å². The van der Waals surface area contributed by atoms with Gasteiger partial charge in [-0.2, -0.15) is 0 Å². The molecule has 0 aliphatic heterocycles. The Morgan fingerprint density at radius 2 is 0.733 bits per heavy atom. The smallest absolute Gasteiger partial charge is 0.0300 e. The lowest BCUT2D eigenvalue weighted by Crippen LogP contribution is -2.03. The van der Waals surface area contributed by atoms with Crippen molar-refractivity contribution in [1.82, 2.24) is 0 Å². The Labute approximate surface area is 202 Å². The number of hydrogen-bond donors (Lipinski definition) is 0. The Morgan fingerprint density at radius 1 is 0.500 bits per heavy atom. The van der Waals surface area contributed by atoms with Gasteiger partial charge in [-0.15, -0.1) is 0 Å². The monoisotopic (exact) mass is 429 g/mol. The SMILES string of the molecule is CC.[2H]C([2H])(C)C1CCCC1.[2H]C([2H])(C)C1CCCCC1.[2H]C1(C)CCCC1.[2H]C1(C)CCCCC1. The van der Waals surface area contributed by atoms with Crippen LogP contribution >= 0.6 is 0 Å². The van der Waals surface area contributed by atoms with Crippen LogP contribution in [0, 0.1) is 23.6 Å². The van der Waals surface area contributed by atoms with Gasteiger partial charge in [0.1, 0.15) is 0 Å². The quantitative estimate of drug-likeness (QED) is 0.410. The van der Waals surface area contributed by atoms with E-state index in [4.69, 9.17) is 8.22 Å². The largest absolute Gasteiger partial charge is 0.0683 e. The molecule has 182 valence electrons. The molecule has 0 radical (unpaired) electrons. The molecule has 4 rings (SSSR count). The molecule has 0 aromatic carbocycles. The van der Waals surface area contributed by atoms with Gasteiger partial charge >= 0.3 is 0 Å². The van der Waals surface area contributed by atoms with Gasteiger partial charge in [0.05, 0.1) is 0 Å². The topological polar surface area (TPSA) is 0 Å². The van der Waals surface area contributed by atoms with Crippen LogP contribution in [-0.2, 0) is 0 Å². The van der Waals surface area contributed by atoms with Crippen molar-refractivity contribution in [3.8, 4) is 0 Å². The van der Waals surface area contributed by atoms with Crippen LogP contribution in [0.4, 0.5) is 0 Å². The zero-order valence-electron chi connectivity index (χ0n) is 27.9. The van der Waals surface area contributed by atoms with Crippen molar-refractivity contribution in [3.05, 3.63) is 0 Å². The molecule has 4 fully saturated rings. The standard InChI is InChI=1S/C8H16.2C7H14.C6H12.C2H6/c1-2-8-6-4-3-5-7-8;1-7-5-3-2-4-6-7;1-2-7-5-3-4-6-7;1-6-4-2-3-5-6;1-2/h8H,2-7H2,1H3;2*7H,2-6H2,1H3;6H,2-5H2,1H3;1-2H3/i2D2;7D;2D2;6D;. The molecule has 0 N–H and O–H groups in total. The Kier molecular flexibility index (Phi) is 15.2. The lowest BCUT2D eigenvalue weighted by atomic mass is 9.88. The van der Waals surface area contributed by atoms with Crippen LogP contribution in [-0.4, -0.2) is 0 Å². The minimum atomic E-state index is -0.930. The summed E-state index contributed by atoms with van der Waals surface area (Å²) in [7, 11) is 0. The summed E-state index contributed by atoms with van der Waals surface area (Å²) in [5.74, 6) is 0.553.